The Hall–Kier alpha value is -1.08. The topological polar surface area (TPSA) is 0 Å². The minimum Gasteiger partial charge on any atom is -0.0613 e. The number of benzene rings is 2. The molecule has 0 saturated carbocycles. The molecule has 16 heavy (non-hydrogen) atoms. The van der Waals surface area contributed by atoms with Crippen LogP contribution in [0.3, 0.4) is 0 Å². The Balaban J connectivity index is 2.14. The fourth-order valence-corrected chi connectivity index (χ4v) is 2.22. The van der Waals surface area contributed by atoms with E-state index in [-0.39, 0.29) is 0 Å². The highest BCUT2D eigenvalue weighted by atomic mass is 79.9. The molecule has 0 aliphatic carbocycles. The Labute approximate surface area is 105 Å². The van der Waals surface area contributed by atoms with Crippen LogP contribution in [0, 0.1) is 0 Å². The van der Waals surface area contributed by atoms with E-state index in [4.69, 9.17) is 0 Å². The molecule has 0 aliphatic rings. The lowest BCUT2D eigenvalue weighted by Gasteiger charge is -2.03. The molecular formula is C15H15Br. The van der Waals surface area contributed by atoms with Crippen LogP contribution in [0.25, 0.3) is 0 Å². The third-order valence-electron chi connectivity index (χ3n) is 2.73. The zero-order chi connectivity index (χ0) is 11.4. The van der Waals surface area contributed by atoms with Crippen molar-refractivity contribution in [3.63, 3.8) is 0 Å². The van der Waals surface area contributed by atoms with Gasteiger partial charge in [-0.3, -0.25) is 0 Å². The van der Waals surface area contributed by atoms with Crippen LogP contribution in [0.15, 0.2) is 53.0 Å². The third kappa shape index (κ3) is 2.96. The lowest BCUT2D eigenvalue weighted by molar-refractivity contribution is 1.12. The van der Waals surface area contributed by atoms with Crippen molar-refractivity contribution in [3.8, 4) is 0 Å². The van der Waals surface area contributed by atoms with E-state index < -0.39 is 0 Å². The van der Waals surface area contributed by atoms with E-state index in [0.29, 0.717) is 0 Å². The van der Waals surface area contributed by atoms with Crippen LogP contribution in [0.2, 0.25) is 0 Å². The van der Waals surface area contributed by atoms with Crippen LogP contribution in [0.5, 0.6) is 0 Å². The maximum atomic E-state index is 3.50. The van der Waals surface area contributed by atoms with Crippen LogP contribution in [0.1, 0.15) is 23.6 Å². The van der Waals surface area contributed by atoms with E-state index in [1.165, 1.54) is 16.7 Å². The first-order valence-electron chi connectivity index (χ1n) is 5.60. The van der Waals surface area contributed by atoms with Gasteiger partial charge in [-0.15, -0.1) is 0 Å². The molecule has 0 aliphatic heterocycles. The second kappa shape index (κ2) is 5.31. The summed E-state index contributed by atoms with van der Waals surface area (Å²) in [6.45, 7) is 2.18. The van der Waals surface area contributed by atoms with Gasteiger partial charge in [0.05, 0.1) is 0 Å². The van der Waals surface area contributed by atoms with Crippen molar-refractivity contribution >= 4 is 15.9 Å². The monoisotopic (exact) mass is 274 g/mol. The molecule has 0 spiro atoms. The van der Waals surface area contributed by atoms with Gasteiger partial charge in [-0.05, 0) is 41.7 Å². The van der Waals surface area contributed by atoms with Gasteiger partial charge in [0.2, 0.25) is 0 Å². The van der Waals surface area contributed by atoms with Crippen molar-refractivity contribution in [2.24, 2.45) is 0 Å². The van der Waals surface area contributed by atoms with E-state index in [9.17, 15) is 0 Å². The molecule has 0 bridgehead atoms. The lowest BCUT2D eigenvalue weighted by atomic mass is 10.0. The fourth-order valence-electron chi connectivity index (χ4n) is 1.78. The molecule has 1 heteroatoms. The van der Waals surface area contributed by atoms with Crippen molar-refractivity contribution in [2.45, 2.75) is 19.8 Å². The third-order valence-corrected chi connectivity index (χ3v) is 3.22. The van der Waals surface area contributed by atoms with Gasteiger partial charge in [-0.2, -0.15) is 0 Å². The second-order valence-corrected chi connectivity index (χ2v) is 4.89. The molecule has 0 heterocycles. The SMILES string of the molecule is CCc1ccc(Cc2cccc(Br)c2)cc1. The second-order valence-electron chi connectivity index (χ2n) is 3.98. The Bertz CT molecular complexity index is 457. The molecule has 0 saturated heterocycles. The summed E-state index contributed by atoms with van der Waals surface area (Å²) in [5.74, 6) is 0. The summed E-state index contributed by atoms with van der Waals surface area (Å²) >= 11 is 3.50. The van der Waals surface area contributed by atoms with E-state index >= 15 is 0 Å². The van der Waals surface area contributed by atoms with Gasteiger partial charge in [-0.25, -0.2) is 0 Å². The smallest absolute Gasteiger partial charge is 0.0178 e. The molecule has 0 aromatic heterocycles. The molecule has 0 radical (unpaired) electrons. The summed E-state index contributed by atoms with van der Waals surface area (Å²) < 4.78 is 1.15. The van der Waals surface area contributed by atoms with E-state index in [1.807, 2.05) is 0 Å². The summed E-state index contributed by atoms with van der Waals surface area (Å²) in [6, 6.07) is 17.4. The quantitative estimate of drug-likeness (QED) is 0.767. The van der Waals surface area contributed by atoms with Crippen molar-refractivity contribution in [1.29, 1.82) is 0 Å². The molecule has 0 N–H and O–H groups in total. The first-order chi connectivity index (χ1) is 7.78. The highest BCUT2D eigenvalue weighted by molar-refractivity contribution is 9.10. The summed E-state index contributed by atoms with van der Waals surface area (Å²) in [4.78, 5) is 0. The van der Waals surface area contributed by atoms with Gasteiger partial charge in [0.15, 0.2) is 0 Å². The number of aryl methyl sites for hydroxylation is 1. The van der Waals surface area contributed by atoms with Crippen LogP contribution in [-0.2, 0) is 12.8 Å². The van der Waals surface area contributed by atoms with Crippen molar-refractivity contribution < 1.29 is 0 Å². The summed E-state index contributed by atoms with van der Waals surface area (Å²) in [6.07, 6.45) is 2.11. The number of rotatable bonds is 3. The molecule has 0 atom stereocenters. The van der Waals surface area contributed by atoms with Crippen molar-refractivity contribution in [3.05, 3.63) is 69.7 Å². The van der Waals surface area contributed by atoms with Crippen molar-refractivity contribution in [2.75, 3.05) is 0 Å². The molecule has 82 valence electrons. The van der Waals surface area contributed by atoms with Crippen LogP contribution in [-0.4, -0.2) is 0 Å². The lowest BCUT2D eigenvalue weighted by Crippen LogP contribution is -1.88. The average molecular weight is 275 g/mol. The Morgan fingerprint density at radius 1 is 0.875 bits per heavy atom. The van der Waals surface area contributed by atoms with Gasteiger partial charge >= 0.3 is 0 Å². The van der Waals surface area contributed by atoms with Gasteiger partial charge in [0, 0.05) is 4.47 Å². The number of hydrogen-bond acceptors (Lipinski definition) is 0. The zero-order valence-corrected chi connectivity index (χ0v) is 11.0. The standard InChI is InChI=1S/C15H15Br/c1-2-12-6-8-13(9-7-12)10-14-4-3-5-15(16)11-14/h3-9,11H,2,10H2,1H3. The van der Waals surface area contributed by atoms with E-state index in [0.717, 1.165) is 17.3 Å². The largest absolute Gasteiger partial charge is 0.0613 e. The van der Waals surface area contributed by atoms with Crippen LogP contribution >= 0.6 is 15.9 Å². The fraction of sp³-hybridized carbons (Fsp3) is 0.200. The van der Waals surface area contributed by atoms with Gasteiger partial charge in [-0.1, -0.05) is 59.3 Å². The zero-order valence-electron chi connectivity index (χ0n) is 9.41. The van der Waals surface area contributed by atoms with Gasteiger partial charge in [0.1, 0.15) is 0 Å². The highest BCUT2D eigenvalue weighted by Gasteiger charge is 1.97. The Kier molecular flexibility index (Phi) is 3.79. The normalized spacial score (nSPS) is 10.4. The molecule has 0 amide bonds. The highest BCUT2D eigenvalue weighted by Crippen LogP contribution is 2.15. The molecule has 0 fully saturated rings. The summed E-state index contributed by atoms with van der Waals surface area (Å²) in [5, 5.41) is 0. The summed E-state index contributed by atoms with van der Waals surface area (Å²) in [7, 11) is 0. The molecule has 2 rings (SSSR count). The summed E-state index contributed by atoms with van der Waals surface area (Å²) in [5.41, 5.74) is 4.12. The predicted molar refractivity (Wildman–Crippen MR) is 72.8 cm³/mol. The molecule has 2 aromatic carbocycles. The predicted octanol–water partition coefficient (Wildman–Crippen LogP) is 4.60. The maximum absolute atomic E-state index is 3.50. The van der Waals surface area contributed by atoms with Gasteiger partial charge in [0.25, 0.3) is 0 Å². The Morgan fingerprint density at radius 3 is 2.19 bits per heavy atom. The number of hydrogen-bond donors (Lipinski definition) is 0. The maximum Gasteiger partial charge on any atom is 0.0178 e. The minimum atomic E-state index is 1.00. The van der Waals surface area contributed by atoms with Crippen LogP contribution < -0.4 is 0 Å². The van der Waals surface area contributed by atoms with Crippen molar-refractivity contribution in [1.82, 2.24) is 0 Å². The molecule has 2 aromatic rings. The van der Waals surface area contributed by atoms with E-state index in [1.54, 1.807) is 0 Å². The average Bonchev–Trinajstić information content (AvgIpc) is 2.30. The van der Waals surface area contributed by atoms with E-state index in [2.05, 4.69) is 71.4 Å². The minimum absolute atomic E-state index is 1.00. The molecule has 0 unspecified atom stereocenters. The first kappa shape index (κ1) is 11.4. The molecule has 0 nitrogen and oxygen atoms in total. The van der Waals surface area contributed by atoms with Gasteiger partial charge < -0.3 is 0 Å². The number of halogens is 1. The van der Waals surface area contributed by atoms with Crippen LogP contribution in [0.4, 0.5) is 0 Å². The Morgan fingerprint density at radius 2 is 1.56 bits per heavy atom. The molecular weight excluding hydrogens is 260 g/mol. The first-order valence-corrected chi connectivity index (χ1v) is 6.39.